The van der Waals surface area contributed by atoms with E-state index in [0.29, 0.717) is 43.2 Å². The number of piperazine rings is 1. The van der Waals surface area contributed by atoms with Crippen LogP contribution >= 0.6 is 0 Å². The molecule has 0 radical (unpaired) electrons. The zero-order valence-electron chi connectivity index (χ0n) is 17.4. The molecule has 1 aromatic heterocycles. The molecule has 0 saturated carbocycles. The Hall–Kier alpha value is -4.14. The van der Waals surface area contributed by atoms with Crippen molar-refractivity contribution in [1.29, 1.82) is 0 Å². The molecule has 1 aliphatic heterocycles. The van der Waals surface area contributed by atoms with Gasteiger partial charge in [-0.1, -0.05) is 6.07 Å². The number of anilines is 1. The minimum absolute atomic E-state index is 0.103. The molecule has 2 heterocycles. The minimum Gasteiger partial charge on any atom is -0.867 e. The van der Waals surface area contributed by atoms with Gasteiger partial charge in [-0.3, -0.25) is 19.9 Å². The largest absolute Gasteiger partial charge is 0.867 e. The molecule has 1 saturated heterocycles. The Morgan fingerprint density at radius 1 is 1.12 bits per heavy atom. The third-order valence-corrected chi connectivity index (χ3v) is 5.31. The van der Waals surface area contributed by atoms with Gasteiger partial charge >= 0.3 is 0 Å². The van der Waals surface area contributed by atoms with Crippen LogP contribution in [0, 0.1) is 17.0 Å². The molecular formula is C23H21N4O5-. The molecule has 32 heavy (non-hydrogen) atoms. The molecular weight excluding hydrogens is 412 g/mol. The summed E-state index contributed by atoms with van der Waals surface area (Å²) in [7, 11) is 0. The summed E-state index contributed by atoms with van der Waals surface area (Å²) in [5.41, 5.74) is 1.98. The van der Waals surface area contributed by atoms with Crippen molar-refractivity contribution in [3.8, 4) is 5.75 Å². The van der Waals surface area contributed by atoms with E-state index in [9.17, 15) is 20.0 Å². The van der Waals surface area contributed by atoms with Crippen molar-refractivity contribution in [3.63, 3.8) is 0 Å². The molecule has 0 N–H and O–H groups in total. The fourth-order valence-electron chi connectivity index (χ4n) is 3.63. The number of rotatable bonds is 5. The first-order valence-electron chi connectivity index (χ1n) is 10.1. The third-order valence-electron chi connectivity index (χ3n) is 5.31. The number of furan rings is 1. The van der Waals surface area contributed by atoms with Crippen molar-refractivity contribution in [2.75, 3.05) is 31.1 Å². The molecule has 3 aromatic rings. The lowest BCUT2D eigenvalue weighted by atomic mass is 10.1. The molecule has 9 nitrogen and oxygen atoms in total. The van der Waals surface area contributed by atoms with E-state index in [0.717, 1.165) is 5.69 Å². The van der Waals surface area contributed by atoms with Crippen LogP contribution in [0.4, 0.5) is 17.1 Å². The Morgan fingerprint density at radius 3 is 2.47 bits per heavy atom. The molecule has 0 bridgehead atoms. The zero-order valence-corrected chi connectivity index (χ0v) is 17.4. The summed E-state index contributed by atoms with van der Waals surface area (Å²) in [6.07, 6.45) is 2.85. The van der Waals surface area contributed by atoms with Crippen LogP contribution in [0.5, 0.6) is 5.75 Å². The summed E-state index contributed by atoms with van der Waals surface area (Å²) < 4.78 is 5.19. The van der Waals surface area contributed by atoms with Crippen molar-refractivity contribution >= 4 is 29.2 Å². The number of carbonyl (C=O) groups is 1. The van der Waals surface area contributed by atoms with E-state index in [1.807, 2.05) is 24.3 Å². The maximum absolute atomic E-state index is 12.4. The number of aryl methyl sites for hydroxylation is 1. The fraction of sp³-hybridized carbons (Fsp3) is 0.217. The van der Waals surface area contributed by atoms with Crippen LogP contribution in [-0.4, -0.2) is 48.1 Å². The third kappa shape index (κ3) is 4.46. The van der Waals surface area contributed by atoms with E-state index < -0.39 is 16.4 Å². The SMILES string of the molecule is Cc1cc(C=Nc2ccc(N3CCN(C(=O)c4ccco4)CC3)cc2)c([O-])c([N+](=O)[O-])c1. The van der Waals surface area contributed by atoms with Gasteiger partial charge in [0.25, 0.3) is 11.6 Å². The number of carbonyl (C=O) groups excluding carboxylic acids is 1. The highest BCUT2D eigenvalue weighted by Gasteiger charge is 2.23. The van der Waals surface area contributed by atoms with E-state index in [4.69, 9.17) is 4.42 Å². The monoisotopic (exact) mass is 433 g/mol. The van der Waals surface area contributed by atoms with Gasteiger partial charge < -0.3 is 19.3 Å². The Labute approximate surface area is 184 Å². The van der Waals surface area contributed by atoms with Crippen molar-refractivity contribution < 1.29 is 19.2 Å². The quantitative estimate of drug-likeness (QED) is 0.346. The molecule has 0 atom stereocenters. The van der Waals surface area contributed by atoms with E-state index in [2.05, 4.69) is 9.89 Å². The summed E-state index contributed by atoms with van der Waals surface area (Å²) in [6.45, 7) is 4.28. The smallest absolute Gasteiger partial charge is 0.289 e. The summed E-state index contributed by atoms with van der Waals surface area (Å²) in [4.78, 5) is 31.0. The molecule has 1 fully saturated rings. The Morgan fingerprint density at radius 2 is 1.84 bits per heavy atom. The summed E-state index contributed by atoms with van der Waals surface area (Å²) >= 11 is 0. The normalized spacial score (nSPS) is 14.2. The summed E-state index contributed by atoms with van der Waals surface area (Å²) in [5, 5.41) is 23.3. The maximum Gasteiger partial charge on any atom is 0.289 e. The summed E-state index contributed by atoms with van der Waals surface area (Å²) in [6, 6.07) is 13.7. The second kappa shape index (κ2) is 8.93. The lowest BCUT2D eigenvalue weighted by Crippen LogP contribution is -2.48. The Balaban J connectivity index is 1.40. The topological polar surface area (TPSA) is 115 Å². The minimum atomic E-state index is -0.677. The zero-order chi connectivity index (χ0) is 22.7. The predicted octanol–water partition coefficient (Wildman–Crippen LogP) is 3.28. The van der Waals surface area contributed by atoms with Gasteiger partial charge in [0.05, 0.1) is 16.9 Å². The number of aliphatic imine (C=N–C) groups is 1. The van der Waals surface area contributed by atoms with Crippen LogP contribution in [0.25, 0.3) is 0 Å². The van der Waals surface area contributed by atoms with Crippen LogP contribution in [-0.2, 0) is 0 Å². The molecule has 9 heteroatoms. The first-order valence-corrected chi connectivity index (χ1v) is 10.1. The highest BCUT2D eigenvalue weighted by atomic mass is 16.6. The molecule has 2 aromatic carbocycles. The molecule has 4 rings (SSSR count). The van der Waals surface area contributed by atoms with Gasteiger partial charge in [0.15, 0.2) is 5.76 Å². The first-order chi connectivity index (χ1) is 15.4. The summed E-state index contributed by atoms with van der Waals surface area (Å²) in [5.74, 6) is -0.405. The highest BCUT2D eigenvalue weighted by Crippen LogP contribution is 2.28. The maximum atomic E-state index is 12.4. The number of nitro benzene ring substituents is 1. The van der Waals surface area contributed by atoms with Gasteiger partial charge in [0, 0.05) is 44.1 Å². The number of hydrogen-bond donors (Lipinski definition) is 0. The molecule has 1 amide bonds. The van der Waals surface area contributed by atoms with Gasteiger partial charge in [-0.05, 0) is 60.2 Å². The second-order valence-electron chi connectivity index (χ2n) is 7.49. The van der Waals surface area contributed by atoms with Crippen LogP contribution in [0.15, 0.2) is 64.2 Å². The van der Waals surface area contributed by atoms with Crippen LogP contribution in [0.3, 0.4) is 0 Å². The highest BCUT2D eigenvalue weighted by molar-refractivity contribution is 5.91. The van der Waals surface area contributed by atoms with Gasteiger partial charge in [-0.25, -0.2) is 0 Å². The molecule has 0 unspecified atom stereocenters. The van der Waals surface area contributed by atoms with E-state index in [1.165, 1.54) is 18.5 Å². The van der Waals surface area contributed by atoms with E-state index >= 15 is 0 Å². The Kier molecular flexibility index (Phi) is 5.89. The standard InChI is InChI=1S/C23H22N4O5/c1-16-13-17(22(28)20(14-16)27(30)31)15-24-18-4-6-19(7-5-18)25-8-10-26(11-9-25)23(29)21-3-2-12-32-21/h2-7,12-15,28H,8-11H2,1H3/p-1. The van der Waals surface area contributed by atoms with Crippen LogP contribution in [0.2, 0.25) is 0 Å². The number of nitrogens with zero attached hydrogens (tertiary/aromatic N) is 4. The molecule has 0 spiro atoms. The molecule has 1 aliphatic rings. The van der Waals surface area contributed by atoms with Crippen molar-refractivity contribution in [3.05, 3.63) is 81.8 Å². The number of hydrogen-bond acceptors (Lipinski definition) is 7. The predicted molar refractivity (Wildman–Crippen MR) is 118 cm³/mol. The average molecular weight is 433 g/mol. The number of benzene rings is 2. The lowest BCUT2D eigenvalue weighted by Gasteiger charge is -2.35. The van der Waals surface area contributed by atoms with Crippen LogP contribution < -0.4 is 10.0 Å². The van der Waals surface area contributed by atoms with Gasteiger partial charge in [0.1, 0.15) is 0 Å². The average Bonchev–Trinajstić information content (AvgIpc) is 3.34. The lowest BCUT2D eigenvalue weighted by molar-refractivity contribution is -0.398. The van der Waals surface area contributed by atoms with E-state index in [-0.39, 0.29) is 11.5 Å². The molecule has 164 valence electrons. The number of nitro groups is 1. The Bertz CT molecular complexity index is 1150. The fourth-order valence-corrected chi connectivity index (χ4v) is 3.63. The first kappa shape index (κ1) is 21.1. The van der Waals surface area contributed by atoms with Crippen molar-refractivity contribution in [2.24, 2.45) is 4.99 Å². The van der Waals surface area contributed by atoms with Crippen molar-refractivity contribution in [1.82, 2.24) is 4.90 Å². The van der Waals surface area contributed by atoms with Gasteiger partial charge in [-0.15, -0.1) is 0 Å². The molecule has 0 aliphatic carbocycles. The van der Waals surface area contributed by atoms with E-state index in [1.54, 1.807) is 30.0 Å². The second-order valence-corrected chi connectivity index (χ2v) is 7.49. The van der Waals surface area contributed by atoms with Gasteiger partial charge in [0.2, 0.25) is 0 Å². The van der Waals surface area contributed by atoms with Crippen LogP contribution in [0.1, 0.15) is 21.7 Å². The van der Waals surface area contributed by atoms with Crippen molar-refractivity contribution in [2.45, 2.75) is 6.92 Å². The number of amides is 1. The van der Waals surface area contributed by atoms with Gasteiger partial charge in [-0.2, -0.15) is 0 Å².